The van der Waals surface area contributed by atoms with Crippen LogP contribution in [0.15, 0.2) is 18.2 Å². The maximum atomic E-state index is 13.6. The minimum absolute atomic E-state index is 0.349. The number of hydrogen-bond acceptors (Lipinski definition) is 6. The van der Waals surface area contributed by atoms with Crippen LogP contribution >= 0.6 is 0 Å². The summed E-state index contributed by atoms with van der Waals surface area (Å²) in [7, 11) is 0. The fraction of sp³-hybridized carbons (Fsp3) is 0.471. The summed E-state index contributed by atoms with van der Waals surface area (Å²) >= 11 is 0. The van der Waals surface area contributed by atoms with Crippen molar-refractivity contribution in [1.29, 1.82) is 0 Å². The van der Waals surface area contributed by atoms with E-state index in [4.69, 9.17) is 5.73 Å². The van der Waals surface area contributed by atoms with Crippen LogP contribution in [0.2, 0.25) is 0 Å². The zero-order chi connectivity index (χ0) is 21.9. The second-order valence-corrected chi connectivity index (χ2v) is 6.92. The van der Waals surface area contributed by atoms with Gasteiger partial charge in [-0.05, 0) is 19.1 Å². The van der Waals surface area contributed by atoms with Crippen molar-refractivity contribution in [2.45, 2.75) is 49.7 Å². The van der Waals surface area contributed by atoms with Gasteiger partial charge >= 0.3 is 6.03 Å². The molecule has 4 amide bonds. The van der Waals surface area contributed by atoms with Crippen LogP contribution in [-0.2, 0) is 9.59 Å². The van der Waals surface area contributed by atoms with E-state index >= 15 is 0 Å². The number of aliphatic hydroxyl groups is 3. The Morgan fingerprint density at radius 3 is 2.48 bits per heavy atom. The number of rotatable bonds is 5. The summed E-state index contributed by atoms with van der Waals surface area (Å²) in [6, 6.07) is -0.986. The molecule has 1 aromatic carbocycles. The minimum Gasteiger partial charge on any atom is -0.390 e. The second kappa shape index (κ2) is 8.68. The van der Waals surface area contributed by atoms with Gasteiger partial charge in [-0.3, -0.25) is 9.59 Å². The number of hydrogen-bond donors (Lipinski definition) is 7. The van der Waals surface area contributed by atoms with E-state index in [0.29, 0.717) is 6.07 Å². The Labute approximate surface area is 164 Å². The Hall–Kier alpha value is -2.83. The largest absolute Gasteiger partial charge is 0.390 e. The number of nitrogens with one attached hydrogen (secondary N) is 3. The molecule has 8 N–H and O–H groups in total. The third-order valence-electron chi connectivity index (χ3n) is 4.60. The van der Waals surface area contributed by atoms with Gasteiger partial charge in [0.05, 0.1) is 17.8 Å². The first-order valence-corrected chi connectivity index (χ1v) is 8.64. The lowest BCUT2D eigenvalue weighted by molar-refractivity contribution is -0.158. The highest BCUT2D eigenvalue weighted by Gasteiger charge is 2.49. The molecule has 5 unspecified atom stereocenters. The van der Waals surface area contributed by atoms with Gasteiger partial charge in [-0.1, -0.05) is 0 Å². The maximum Gasteiger partial charge on any atom is 0.319 e. The summed E-state index contributed by atoms with van der Waals surface area (Å²) in [5.74, 6) is -3.76. The second-order valence-electron chi connectivity index (χ2n) is 6.92. The summed E-state index contributed by atoms with van der Waals surface area (Å²) in [4.78, 5) is 35.5. The molecule has 12 heteroatoms. The standard InChI is InChI=1S/C17H22F2N4O6/c1-7(14(20)26)21-15(27)17(29)5-11(13(25)12(24)6-17)23-16(28)22-10-3-2-8(18)4-9(10)19/h2-4,7,11-13,24-25,29H,5-6H2,1H3,(H2,20,26)(H,21,27)(H2,22,23,28). The van der Waals surface area contributed by atoms with Crippen molar-refractivity contribution in [3.05, 3.63) is 29.8 Å². The zero-order valence-electron chi connectivity index (χ0n) is 15.4. The van der Waals surface area contributed by atoms with Gasteiger partial charge in [0, 0.05) is 18.9 Å². The van der Waals surface area contributed by atoms with Gasteiger partial charge in [-0.15, -0.1) is 0 Å². The molecule has 0 aromatic heterocycles. The van der Waals surface area contributed by atoms with E-state index in [9.17, 15) is 38.5 Å². The summed E-state index contributed by atoms with van der Waals surface area (Å²) in [5.41, 5.74) is 2.48. The fourth-order valence-electron chi connectivity index (χ4n) is 2.94. The van der Waals surface area contributed by atoms with Crippen molar-refractivity contribution in [1.82, 2.24) is 10.6 Å². The Bertz CT molecular complexity index is 810. The number of anilines is 1. The number of halogens is 2. The number of urea groups is 1. The van der Waals surface area contributed by atoms with Crippen LogP contribution in [0.5, 0.6) is 0 Å². The zero-order valence-corrected chi connectivity index (χ0v) is 15.4. The number of benzene rings is 1. The molecule has 10 nitrogen and oxygen atoms in total. The number of aliphatic hydroxyl groups excluding tert-OH is 2. The third-order valence-corrected chi connectivity index (χ3v) is 4.60. The maximum absolute atomic E-state index is 13.6. The minimum atomic E-state index is -2.22. The summed E-state index contributed by atoms with van der Waals surface area (Å²) < 4.78 is 26.6. The molecule has 0 radical (unpaired) electrons. The van der Waals surface area contributed by atoms with E-state index in [1.54, 1.807) is 0 Å². The quantitative estimate of drug-likeness (QED) is 0.314. The van der Waals surface area contributed by atoms with Crippen molar-refractivity contribution in [2.75, 3.05) is 5.32 Å². The molecule has 0 spiro atoms. The molecular formula is C17H22F2N4O6. The highest BCUT2D eigenvalue weighted by atomic mass is 19.1. The van der Waals surface area contributed by atoms with Gasteiger partial charge in [0.25, 0.3) is 5.91 Å². The fourth-order valence-corrected chi connectivity index (χ4v) is 2.94. The van der Waals surface area contributed by atoms with E-state index in [2.05, 4.69) is 16.0 Å². The van der Waals surface area contributed by atoms with Crippen LogP contribution in [0.1, 0.15) is 19.8 Å². The van der Waals surface area contributed by atoms with Crippen LogP contribution in [0, 0.1) is 11.6 Å². The molecule has 1 aliphatic rings. The predicted molar refractivity (Wildman–Crippen MR) is 95.3 cm³/mol. The van der Waals surface area contributed by atoms with Gasteiger partial charge in [0.15, 0.2) is 0 Å². The Kier molecular flexibility index (Phi) is 6.72. The number of primary amides is 1. The average molecular weight is 416 g/mol. The lowest BCUT2D eigenvalue weighted by atomic mass is 9.77. The Balaban J connectivity index is 2.09. The lowest BCUT2D eigenvalue weighted by Gasteiger charge is -2.41. The van der Waals surface area contributed by atoms with Crippen molar-refractivity contribution in [3.63, 3.8) is 0 Å². The number of carbonyl (C=O) groups excluding carboxylic acids is 3. The smallest absolute Gasteiger partial charge is 0.319 e. The third kappa shape index (κ3) is 5.37. The highest BCUT2D eigenvalue weighted by Crippen LogP contribution is 2.30. The van der Waals surface area contributed by atoms with E-state index in [1.807, 2.05) is 0 Å². The molecule has 0 heterocycles. The topological polar surface area (TPSA) is 174 Å². The normalized spacial score (nSPS) is 27.6. The van der Waals surface area contributed by atoms with Crippen LogP contribution in [-0.4, -0.2) is 63.1 Å². The van der Waals surface area contributed by atoms with E-state index in [0.717, 1.165) is 12.1 Å². The molecule has 1 aromatic rings. The van der Waals surface area contributed by atoms with Crippen molar-refractivity contribution in [3.8, 4) is 0 Å². The molecule has 1 aliphatic carbocycles. The first kappa shape index (κ1) is 22.5. The number of carbonyl (C=O) groups is 3. The van der Waals surface area contributed by atoms with Crippen LogP contribution < -0.4 is 21.7 Å². The number of amides is 4. The van der Waals surface area contributed by atoms with Gasteiger partial charge in [-0.25, -0.2) is 13.6 Å². The van der Waals surface area contributed by atoms with Crippen molar-refractivity contribution < 1.29 is 38.5 Å². The first-order chi connectivity index (χ1) is 13.4. The molecular weight excluding hydrogens is 394 g/mol. The van der Waals surface area contributed by atoms with Crippen molar-refractivity contribution >= 4 is 23.5 Å². The molecule has 160 valence electrons. The Morgan fingerprint density at radius 1 is 1.24 bits per heavy atom. The van der Waals surface area contributed by atoms with Crippen LogP contribution in [0.3, 0.4) is 0 Å². The first-order valence-electron chi connectivity index (χ1n) is 8.64. The lowest BCUT2D eigenvalue weighted by Crippen LogP contribution is -2.64. The van der Waals surface area contributed by atoms with Crippen LogP contribution in [0.25, 0.3) is 0 Å². The molecule has 1 fully saturated rings. The van der Waals surface area contributed by atoms with E-state index in [1.165, 1.54) is 6.92 Å². The molecule has 29 heavy (non-hydrogen) atoms. The van der Waals surface area contributed by atoms with Gasteiger partial charge in [0.1, 0.15) is 29.4 Å². The van der Waals surface area contributed by atoms with Gasteiger partial charge < -0.3 is 37.0 Å². The summed E-state index contributed by atoms with van der Waals surface area (Å²) in [6.07, 6.45) is -4.20. The average Bonchev–Trinajstić information content (AvgIpc) is 2.61. The molecule has 5 atom stereocenters. The Morgan fingerprint density at radius 2 is 1.90 bits per heavy atom. The van der Waals surface area contributed by atoms with Crippen LogP contribution in [0.4, 0.5) is 19.3 Å². The van der Waals surface area contributed by atoms with Crippen molar-refractivity contribution in [2.24, 2.45) is 5.73 Å². The molecule has 0 aliphatic heterocycles. The molecule has 2 rings (SSSR count). The van der Waals surface area contributed by atoms with Gasteiger partial charge in [0.2, 0.25) is 5.91 Å². The SMILES string of the molecule is CC(NC(=O)C1(O)CC(O)C(O)C(NC(=O)Nc2ccc(F)cc2F)C1)C(N)=O. The highest BCUT2D eigenvalue weighted by molar-refractivity contribution is 5.91. The summed E-state index contributed by atoms with van der Waals surface area (Å²) in [6.45, 7) is 1.29. The summed E-state index contributed by atoms with van der Waals surface area (Å²) in [5, 5.41) is 37.2. The predicted octanol–water partition coefficient (Wildman–Crippen LogP) is -1.31. The molecule has 0 saturated heterocycles. The monoisotopic (exact) mass is 416 g/mol. The van der Waals surface area contributed by atoms with E-state index in [-0.39, 0.29) is 5.69 Å². The van der Waals surface area contributed by atoms with Gasteiger partial charge in [-0.2, -0.15) is 0 Å². The van der Waals surface area contributed by atoms with E-state index < -0.39 is 72.2 Å². The molecule has 0 bridgehead atoms. The number of nitrogens with two attached hydrogens (primary N) is 1. The molecule has 1 saturated carbocycles.